The van der Waals surface area contributed by atoms with Gasteiger partial charge in [0.25, 0.3) is 5.56 Å². The van der Waals surface area contributed by atoms with E-state index in [4.69, 9.17) is 4.74 Å². The number of rotatable bonds is 6. The SMILES string of the molecule is CC(O)CCNc1nc2c(ncn2[C@@H]2O[C@H](CO)[C@@H](O)[C@H]2O)c(=O)[nH]1. The average molecular weight is 355 g/mol. The number of fused-ring (bicyclic) bond motifs is 1. The van der Waals surface area contributed by atoms with E-state index in [1.807, 2.05) is 0 Å². The second-order valence-electron chi connectivity index (χ2n) is 6.03. The first-order valence-corrected chi connectivity index (χ1v) is 7.93. The second kappa shape index (κ2) is 7.06. The van der Waals surface area contributed by atoms with E-state index in [9.17, 15) is 25.2 Å². The van der Waals surface area contributed by atoms with Gasteiger partial charge in [0.15, 0.2) is 17.4 Å². The Morgan fingerprint density at radius 2 is 2.20 bits per heavy atom. The van der Waals surface area contributed by atoms with Gasteiger partial charge in [-0.15, -0.1) is 0 Å². The van der Waals surface area contributed by atoms with Crippen LogP contribution in [0.5, 0.6) is 0 Å². The average Bonchev–Trinajstić information content (AvgIpc) is 3.10. The van der Waals surface area contributed by atoms with Crippen molar-refractivity contribution in [3.8, 4) is 0 Å². The lowest BCUT2D eigenvalue weighted by Gasteiger charge is -2.16. The van der Waals surface area contributed by atoms with E-state index in [0.29, 0.717) is 13.0 Å². The largest absolute Gasteiger partial charge is 0.394 e. The fraction of sp³-hybridized carbons (Fsp3) is 0.643. The quantitative estimate of drug-likeness (QED) is 0.341. The zero-order valence-electron chi connectivity index (χ0n) is 13.5. The van der Waals surface area contributed by atoms with E-state index in [-0.39, 0.29) is 17.1 Å². The zero-order chi connectivity index (χ0) is 18.1. The smallest absolute Gasteiger partial charge is 0.280 e. The van der Waals surface area contributed by atoms with Gasteiger partial charge in [0.05, 0.1) is 19.0 Å². The molecule has 0 radical (unpaired) electrons. The minimum atomic E-state index is -1.30. The molecule has 0 aliphatic carbocycles. The molecule has 3 heterocycles. The predicted molar refractivity (Wildman–Crippen MR) is 85.9 cm³/mol. The van der Waals surface area contributed by atoms with Crippen molar-refractivity contribution in [1.82, 2.24) is 19.5 Å². The van der Waals surface area contributed by atoms with Crippen molar-refractivity contribution in [2.45, 2.75) is 44.0 Å². The number of anilines is 1. The fourth-order valence-corrected chi connectivity index (χ4v) is 2.71. The Bertz CT molecular complexity index is 790. The number of ether oxygens (including phenoxy) is 1. The fourth-order valence-electron chi connectivity index (χ4n) is 2.71. The number of aromatic amines is 1. The molecule has 25 heavy (non-hydrogen) atoms. The normalized spacial score (nSPS) is 27.7. The van der Waals surface area contributed by atoms with Crippen molar-refractivity contribution in [2.75, 3.05) is 18.5 Å². The summed E-state index contributed by atoms with van der Waals surface area (Å²) in [6, 6.07) is 0. The molecule has 6 N–H and O–H groups in total. The van der Waals surface area contributed by atoms with E-state index < -0.39 is 42.8 Å². The monoisotopic (exact) mass is 355 g/mol. The van der Waals surface area contributed by atoms with Gasteiger partial charge < -0.3 is 30.5 Å². The van der Waals surface area contributed by atoms with Gasteiger partial charge in [-0.1, -0.05) is 0 Å². The van der Waals surface area contributed by atoms with Crippen LogP contribution in [0, 0.1) is 0 Å². The third-order valence-electron chi connectivity index (χ3n) is 4.08. The topological polar surface area (TPSA) is 166 Å². The van der Waals surface area contributed by atoms with Gasteiger partial charge in [-0.3, -0.25) is 14.3 Å². The van der Waals surface area contributed by atoms with Crippen LogP contribution in [-0.4, -0.2) is 77.5 Å². The molecule has 2 aromatic heterocycles. The van der Waals surface area contributed by atoms with E-state index in [1.165, 1.54) is 10.9 Å². The summed E-state index contributed by atoms with van der Waals surface area (Å²) < 4.78 is 6.79. The summed E-state index contributed by atoms with van der Waals surface area (Å²) in [5, 5.41) is 41.4. The highest BCUT2D eigenvalue weighted by molar-refractivity contribution is 5.70. The minimum absolute atomic E-state index is 0.0545. The molecule has 0 spiro atoms. The summed E-state index contributed by atoms with van der Waals surface area (Å²) in [5.74, 6) is 0.187. The first kappa shape index (κ1) is 17.8. The lowest BCUT2D eigenvalue weighted by atomic mass is 10.1. The van der Waals surface area contributed by atoms with Gasteiger partial charge in [0.1, 0.15) is 18.3 Å². The molecule has 0 saturated carbocycles. The van der Waals surface area contributed by atoms with Gasteiger partial charge in [0.2, 0.25) is 5.95 Å². The summed E-state index contributed by atoms with van der Waals surface area (Å²) in [4.78, 5) is 22.9. The standard InChI is InChI=1S/C14H21N5O6/c1-6(21)2-3-15-14-17-11-8(12(24)18-14)16-5-19(11)13-10(23)9(22)7(4-20)25-13/h5-7,9-10,13,20-23H,2-4H2,1H3,(H2,15,17,18,24)/t6?,7-,9-,10-,13-/m1/s1. The van der Waals surface area contributed by atoms with E-state index in [0.717, 1.165) is 0 Å². The molecule has 3 rings (SSSR count). The van der Waals surface area contributed by atoms with E-state index in [2.05, 4.69) is 20.3 Å². The third kappa shape index (κ3) is 3.37. The number of aliphatic hydroxyl groups is 4. The lowest BCUT2D eigenvalue weighted by Crippen LogP contribution is -2.33. The van der Waals surface area contributed by atoms with Crippen LogP contribution in [0.15, 0.2) is 11.1 Å². The number of aliphatic hydroxyl groups excluding tert-OH is 4. The lowest BCUT2D eigenvalue weighted by molar-refractivity contribution is -0.0511. The van der Waals surface area contributed by atoms with Gasteiger partial charge in [0, 0.05) is 6.54 Å². The van der Waals surface area contributed by atoms with Crippen molar-refractivity contribution in [3.63, 3.8) is 0 Å². The number of hydrogen-bond acceptors (Lipinski definition) is 9. The molecule has 138 valence electrons. The van der Waals surface area contributed by atoms with Crippen LogP contribution in [0.2, 0.25) is 0 Å². The Labute approximate surface area is 141 Å². The maximum absolute atomic E-state index is 12.1. The van der Waals surface area contributed by atoms with Crippen LogP contribution in [0.1, 0.15) is 19.6 Å². The number of imidazole rings is 1. The molecule has 1 saturated heterocycles. The molecule has 1 unspecified atom stereocenters. The van der Waals surface area contributed by atoms with Gasteiger partial charge in [-0.2, -0.15) is 4.98 Å². The van der Waals surface area contributed by atoms with Crippen LogP contribution in [0.3, 0.4) is 0 Å². The molecular formula is C14H21N5O6. The molecule has 2 aromatic rings. The van der Waals surface area contributed by atoms with E-state index >= 15 is 0 Å². The predicted octanol–water partition coefficient (Wildman–Crippen LogP) is -2.09. The van der Waals surface area contributed by atoms with Crippen molar-refractivity contribution in [3.05, 3.63) is 16.7 Å². The first-order chi connectivity index (χ1) is 11.9. The van der Waals surface area contributed by atoms with Gasteiger partial charge >= 0.3 is 0 Å². The summed E-state index contributed by atoms with van der Waals surface area (Å²) >= 11 is 0. The Morgan fingerprint density at radius 3 is 2.84 bits per heavy atom. The molecule has 5 atom stereocenters. The van der Waals surface area contributed by atoms with Crippen LogP contribution in [0.4, 0.5) is 5.95 Å². The molecular weight excluding hydrogens is 334 g/mol. The highest BCUT2D eigenvalue weighted by Crippen LogP contribution is 2.30. The highest BCUT2D eigenvalue weighted by atomic mass is 16.6. The van der Waals surface area contributed by atoms with Crippen molar-refractivity contribution >= 4 is 17.1 Å². The molecule has 1 aliphatic heterocycles. The van der Waals surface area contributed by atoms with Gasteiger partial charge in [-0.25, -0.2) is 4.98 Å². The number of nitrogens with one attached hydrogen (secondary N) is 2. The molecule has 11 nitrogen and oxygen atoms in total. The Balaban J connectivity index is 1.92. The number of nitrogens with zero attached hydrogens (tertiary/aromatic N) is 3. The zero-order valence-corrected chi connectivity index (χ0v) is 13.5. The van der Waals surface area contributed by atoms with Crippen LogP contribution in [-0.2, 0) is 4.74 Å². The molecule has 0 amide bonds. The minimum Gasteiger partial charge on any atom is -0.394 e. The van der Waals surface area contributed by atoms with Crippen LogP contribution in [0.25, 0.3) is 11.2 Å². The van der Waals surface area contributed by atoms with Crippen molar-refractivity contribution in [2.24, 2.45) is 0 Å². The molecule has 1 aliphatic rings. The number of H-pyrrole nitrogens is 1. The maximum Gasteiger partial charge on any atom is 0.280 e. The van der Waals surface area contributed by atoms with Crippen LogP contribution >= 0.6 is 0 Å². The van der Waals surface area contributed by atoms with Crippen LogP contribution < -0.4 is 10.9 Å². The second-order valence-corrected chi connectivity index (χ2v) is 6.03. The number of aromatic nitrogens is 4. The molecule has 1 fully saturated rings. The third-order valence-corrected chi connectivity index (χ3v) is 4.08. The summed E-state index contributed by atoms with van der Waals surface area (Å²) in [5.41, 5.74) is -0.257. The maximum atomic E-state index is 12.1. The summed E-state index contributed by atoms with van der Waals surface area (Å²) in [6.45, 7) is 1.59. The Morgan fingerprint density at radius 1 is 1.44 bits per heavy atom. The first-order valence-electron chi connectivity index (χ1n) is 7.93. The summed E-state index contributed by atoms with van der Waals surface area (Å²) in [7, 11) is 0. The van der Waals surface area contributed by atoms with Gasteiger partial charge in [-0.05, 0) is 13.3 Å². The van der Waals surface area contributed by atoms with E-state index in [1.54, 1.807) is 6.92 Å². The molecule has 0 aromatic carbocycles. The van der Waals surface area contributed by atoms with Crippen molar-refractivity contribution in [1.29, 1.82) is 0 Å². The Hall–Kier alpha value is -2.05. The summed E-state index contributed by atoms with van der Waals surface area (Å²) in [6.07, 6.45) is -3.28. The number of hydrogen-bond donors (Lipinski definition) is 6. The Kier molecular flexibility index (Phi) is 5.01. The van der Waals surface area contributed by atoms with Crippen molar-refractivity contribution < 1.29 is 25.2 Å². The molecule has 0 bridgehead atoms. The highest BCUT2D eigenvalue weighted by Gasteiger charge is 2.44. The molecule has 11 heteroatoms.